The molecule has 0 saturated heterocycles. The molecule has 0 bridgehead atoms. The molecule has 2 rings (SSSR count). The lowest BCUT2D eigenvalue weighted by Crippen LogP contribution is -2.31. The fourth-order valence-corrected chi connectivity index (χ4v) is 2.64. The average Bonchev–Trinajstić information content (AvgIpc) is 3.06. The Morgan fingerprint density at radius 2 is 1.67 bits per heavy atom. The maximum absolute atomic E-state index is 3.64. The standard InChI is InChI=1S/C16H26N2/c1-12-7-14(3)15(8-13(12)2)9-18-11-16(5-6-16)10-17-4/h7-8,17-18H,5-6,9-11H2,1-4H3. The van der Waals surface area contributed by atoms with Crippen LogP contribution in [0.2, 0.25) is 0 Å². The molecule has 0 heterocycles. The zero-order chi connectivity index (χ0) is 13.2. The van der Waals surface area contributed by atoms with Crippen LogP contribution >= 0.6 is 0 Å². The maximum atomic E-state index is 3.64. The summed E-state index contributed by atoms with van der Waals surface area (Å²) in [5.74, 6) is 0. The van der Waals surface area contributed by atoms with Crippen molar-refractivity contribution < 1.29 is 0 Å². The van der Waals surface area contributed by atoms with E-state index in [-0.39, 0.29) is 0 Å². The van der Waals surface area contributed by atoms with E-state index < -0.39 is 0 Å². The van der Waals surface area contributed by atoms with Crippen molar-refractivity contribution in [2.75, 3.05) is 20.1 Å². The molecule has 2 nitrogen and oxygen atoms in total. The third-order valence-electron chi connectivity index (χ3n) is 4.28. The lowest BCUT2D eigenvalue weighted by atomic mass is 10.0. The molecule has 1 aromatic carbocycles. The Morgan fingerprint density at radius 1 is 1.00 bits per heavy atom. The van der Waals surface area contributed by atoms with Crippen molar-refractivity contribution in [3.05, 3.63) is 34.4 Å². The molecule has 0 amide bonds. The topological polar surface area (TPSA) is 24.1 Å². The molecular formula is C16H26N2. The molecule has 0 spiro atoms. The average molecular weight is 246 g/mol. The molecule has 1 aliphatic carbocycles. The first-order valence-corrected chi connectivity index (χ1v) is 6.98. The molecule has 0 aliphatic heterocycles. The molecule has 1 fully saturated rings. The Labute approximate surface area is 111 Å². The van der Waals surface area contributed by atoms with E-state index in [4.69, 9.17) is 0 Å². The first-order chi connectivity index (χ1) is 8.56. The molecule has 0 unspecified atom stereocenters. The van der Waals surface area contributed by atoms with Gasteiger partial charge >= 0.3 is 0 Å². The minimum Gasteiger partial charge on any atom is -0.319 e. The predicted octanol–water partition coefficient (Wildman–Crippen LogP) is 2.70. The zero-order valence-corrected chi connectivity index (χ0v) is 12.2. The number of benzene rings is 1. The second-order valence-corrected chi connectivity index (χ2v) is 6.00. The quantitative estimate of drug-likeness (QED) is 0.806. The minimum absolute atomic E-state index is 0.544. The van der Waals surface area contributed by atoms with E-state index in [0.717, 1.165) is 19.6 Å². The van der Waals surface area contributed by atoms with Crippen molar-refractivity contribution in [3.8, 4) is 0 Å². The maximum Gasteiger partial charge on any atom is 0.0208 e. The first-order valence-electron chi connectivity index (χ1n) is 6.98. The Kier molecular flexibility index (Phi) is 4.08. The second kappa shape index (κ2) is 5.41. The van der Waals surface area contributed by atoms with Crippen LogP contribution in [-0.2, 0) is 6.54 Å². The summed E-state index contributed by atoms with van der Waals surface area (Å²) in [4.78, 5) is 0. The van der Waals surface area contributed by atoms with E-state index >= 15 is 0 Å². The van der Waals surface area contributed by atoms with E-state index in [1.54, 1.807) is 0 Å². The molecule has 0 atom stereocenters. The van der Waals surface area contributed by atoms with Gasteiger partial charge in [-0.1, -0.05) is 12.1 Å². The minimum atomic E-state index is 0.544. The van der Waals surface area contributed by atoms with Crippen molar-refractivity contribution in [3.63, 3.8) is 0 Å². The van der Waals surface area contributed by atoms with E-state index in [2.05, 4.69) is 43.5 Å². The molecular weight excluding hydrogens is 220 g/mol. The van der Waals surface area contributed by atoms with Gasteiger partial charge in [0, 0.05) is 19.6 Å². The van der Waals surface area contributed by atoms with Crippen LogP contribution in [-0.4, -0.2) is 20.1 Å². The van der Waals surface area contributed by atoms with Gasteiger partial charge in [0.05, 0.1) is 0 Å². The fourth-order valence-electron chi connectivity index (χ4n) is 2.64. The molecule has 100 valence electrons. The van der Waals surface area contributed by atoms with Crippen LogP contribution in [0.15, 0.2) is 12.1 Å². The summed E-state index contributed by atoms with van der Waals surface area (Å²) in [6.45, 7) is 9.88. The molecule has 0 radical (unpaired) electrons. The Balaban J connectivity index is 1.89. The SMILES string of the molecule is CNCC1(CNCc2cc(C)c(C)cc2C)CC1. The summed E-state index contributed by atoms with van der Waals surface area (Å²) in [6.07, 6.45) is 2.74. The molecule has 0 aromatic heterocycles. The highest BCUT2D eigenvalue weighted by molar-refractivity contribution is 5.36. The van der Waals surface area contributed by atoms with Crippen molar-refractivity contribution in [1.29, 1.82) is 0 Å². The lowest BCUT2D eigenvalue weighted by Gasteiger charge is -2.16. The van der Waals surface area contributed by atoms with Gasteiger partial charge in [0.15, 0.2) is 0 Å². The van der Waals surface area contributed by atoms with Gasteiger partial charge < -0.3 is 10.6 Å². The van der Waals surface area contributed by atoms with E-state index in [1.807, 2.05) is 7.05 Å². The van der Waals surface area contributed by atoms with Crippen LogP contribution in [0.5, 0.6) is 0 Å². The van der Waals surface area contributed by atoms with Gasteiger partial charge in [-0.05, 0) is 68.3 Å². The molecule has 1 saturated carbocycles. The first kappa shape index (κ1) is 13.6. The Hall–Kier alpha value is -0.860. The van der Waals surface area contributed by atoms with Gasteiger partial charge in [-0.15, -0.1) is 0 Å². The van der Waals surface area contributed by atoms with E-state index in [1.165, 1.54) is 35.1 Å². The van der Waals surface area contributed by atoms with Crippen LogP contribution in [0.3, 0.4) is 0 Å². The number of hydrogen-bond donors (Lipinski definition) is 2. The van der Waals surface area contributed by atoms with Crippen LogP contribution in [0.25, 0.3) is 0 Å². The Morgan fingerprint density at radius 3 is 2.28 bits per heavy atom. The van der Waals surface area contributed by atoms with Gasteiger partial charge in [-0.25, -0.2) is 0 Å². The highest BCUT2D eigenvalue weighted by Crippen LogP contribution is 2.44. The predicted molar refractivity (Wildman–Crippen MR) is 78.0 cm³/mol. The number of nitrogens with one attached hydrogen (secondary N) is 2. The highest BCUT2D eigenvalue weighted by atomic mass is 14.9. The molecule has 1 aromatic rings. The fraction of sp³-hybridized carbons (Fsp3) is 0.625. The summed E-state index contributed by atoms with van der Waals surface area (Å²) in [7, 11) is 2.05. The van der Waals surface area contributed by atoms with Crippen LogP contribution < -0.4 is 10.6 Å². The molecule has 2 heteroatoms. The third-order valence-corrected chi connectivity index (χ3v) is 4.28. The normalized spacial score (nSPS) is 16.9. The molecule has 1 aliphatic rings. The second-order valence-electron chi connectivity index (χ2n) is 6.00. The van der Waals surface area contributed by atoms with Crippen molar-refractivity contribution in [2.45, 2.75) is 40.2 Å². The highest BCUT2D eigenvalue weighted by Gasteiger charge is 2.41. The lowest BCUT2D eigenvalue weighted by molar-refractivity contribution is 0.438. The van der Waals surface area contributed by atoms with Crippen molar-refractivity contribution >= 4 is 0 Å². The number of hydrogen-bond acceptors (Lipinski definition) is 2. The van der Waals surface area contributed by atoms with Crippen LogP contribution in [0.1, 0.15) is 35.1 Å². The van der Waals surface area contributed by atoms with Gasteiger partial charge in [0.1, 0.15) is 0 Å². The van der Waals surface area contributed by atoms with Gasteiger partial charge in [-0.2, -0.15) is 0 Å². The monoisotopic (exact) mass is 246 g/mol. The van der Waals surface area contributed by atoms with Crippen molar-refractivity contribution in [2.24, 2.45) is 5.41 Å². The summed E-state index contributed by atoms with van der Waals surface area (Å²) in [5, 5.41) is 6.94. The summed E-state index contributed by atoms with van der Waals surface area (Å²) < 4.78 is 0. The van der Waals surface area contributed by atoms with E-state index in [9.17, 15) is 0 Å². The van der Waals surface area contributed by atoms with Gasteiger partial charge in [0.2, 0.25) is 0 Å². The van der Waals surface area contributed by atoms with E-state index in [0.29, 0.717) is 5.41 Å². The molecule has 2 N–H and O–H groups in total. The van der Waals surface area contributed by atoms with Crippen molar-refractivity contribution in [1.82, 2.24) is 10.6 Å². The third kappa shape index (κ3) is 3.12. The largest absolute Gasteiger partial charge is 0.319 e. The Bertz CT molecular complexity index is 419. The summed E-state index contributed by atoms with van der Waals surface area (Å²) in [5.41, 5.74) is 6.18. The number of rotatable bonds is 6. The summed E-state index contributed by atoms with van der Waals surface area (Å²) >= 11 is 0. The van der Waals surface area contributed by atoms with Gasteiger partial charge in [-0.3, -0.25) is 0 Å². The smallest absolute Gasteiger partial charge is 0.0208 e. The van der Waals surface area contributed by atoms with Crippen LogP contribution in [0, 0.1) is 26.2 Å². The van der Waals surface area contributed by atoms with Gasteiger partial charge in [0.25, 0.3) is 0 Å². The molecule has 18 heavy (non-hydrogen) atoms. The number of aryl methyl sites for hydroxylation is 3. The summed E-state index contributed by atoms with van der Waals surface area (Å²) in [6, 6.07) is 4.63. The zero-order valence-electron chi connectivity index (χ0n) is 12.2. The van der Waals surface area contributed by atoms with Crippen LogP contribution in [0.4, 0.5) is 0 Å².